The number of nitrogens with zero attached hydrogens (tertiary/aromatic N) is 1. The zero-order valence-corrected chi connectivity index (χ0v) is 18.0. The highest BCUT2D eigenvalue weighted by atomic mass is 19.4. The number of halogens is 6. The van der Waals surface area contributed by atoms with Gasteiger partial charge in [0.05, 0.1) is 18.1 Å². The molecule has 1 aliphatic rings. The van der Waals surface area contributed by atoms with Crippen molar-refractivity contribution in [3.05, 3.63) is 0 Å². The molecule has 8 nitrogen and oxygen atoms in total. The first-order valence-corrected chi connectivity index (χ1v) is 9.74. The number of nitrogens with two attached hydrogens (primary N) is 1. The van der Waals surface area contributed by atoms with Crippen molar-refractivity contribution in [2.45, 2.75) is 77.1 Å². The molecule has 1 fully saturated rings. The molecular formula is C18H29F6N3O5. The number of rotatable bonds is 6. The standard InChI is InChI=1S/C16H28F3N3O3.C2HF3O2/c1-8(2)11(20)15(25)22(14(24)10-6-5-7-21-10)12(9(3)4)13(23)16(17,18)19;3-2(4,5)1(6)7/h8-13,21,23H,5-7,20H2,1-4H3;(H,6,7)/t10-,11+,12?,13+;/m1./s1. The molecule has 0 aromatic carbocycles. The van der Waals surface area contributed by atoms with Gasteiger partial charge in [0.2, 0.25) is 11.8 Å². The topological polar surface area (TPSA) is 133 Å². The fourth-order valence-electron chi connectivity index (χ4n) is 2.91. The zero-order valence-electron chi connectivity index (χ0n) is 18.0. The molecule has 188 valence electrons. The van der Waals surface area contributed by atoms with Crippen molar-refractivity contribution >= 4 is 17.8 Å². The number of carbonyl (C=O) groups excluding carboxylic acids is 2. The molecule has 1 saturated heterocycles. The Bertz CT molecular complexity index is 634. The van der Waals surface area contributed by atoms with Gasteiger partial charge in [0.25, 0.3) is 0 Å². The molecule has 0 bridgehead atoms. The molecule has 0 aromatic rings. The molecular weight excluding hydrogens is 452 g/mol. The number of aliphatic hydroxyl groups excluding tert-OH is 1. The van der Waals surface area contributed by atoms with Crippen LogP contribution in [0.15, 0.2) is 0 Å². The summed E-state index contributed by atoms with van der Waals surface area (Å²) in [5.74, 6) is -5.58. The molecule has 1 rings (SSSR count). The molecule has 14 heteroatoms. The minimum atomic E-state index is -5.08. The van der Waals surface area contributed by atoms with Crippen molar-refractivity contribution in [1.82, 2.24) is 10.2 Å². The van der Waals surface area contributed by atoms with E-state index in [0.29, 0.717) is 24.3 Å². The molecule has 2 amide bonds. The number of carboxylic acids is 1. The van der Waals surface area contributed by atoms with E-state index in [9.17, 15) is 41.0 Å². The third kappa shape index (κ3) is 8.54. The van der Waals surface area contributed by atoms with Crippen LogP contribution in [0.2, 0.25) is 0 Å². The van der Waals surface area contributed by atoms with Crippen LogP contribution in [-0.4, -0.2) is 76.0 Å². The van der Waals surface area contributed by atoms with Gasteiger partial charge in [0, 0.05) is 0 Å². The lowest BCUT2D eigenvalue weighted by molar-refractivity contribution is -0.226. The lowest BCUT2D eigenvalue weighted by Crippen LogP contribution is -2.63. The summed E-state index contributed by atoms with van der Waals surface area (Å²) in [5.41, 5.74) is 5.82. The Morgan fingerprint density at radius 1 is 1.03 bits per heavy atom. The number of hydrogen-bond donors (Lipinski definition) is 4. The molecule has 1 aliphatic heterocycles. The van der Waals surface area contributed by atoms with E-state index >= 15 is 0 Å². The van der Waals surface area contributed by atoms with Gasteiger partial charge in [-0.25, -0.2) is 4.79 Å². The van der Waals surface area contributed by atoms with Crippen molar-refractivity contribution in [2.75, 3.05) is 6.54 Å². The number of imide groups is 1. The number of carbonyl (C=O) groups is 3. The quantitative estimate of drug-likeness (QED) is 0.424. The summed E-state index contributed by atoms with van der Waals surface area (Å²) in [4.78, 5) is 35.0. The van der Waals surface area contributed by atoms with Crippen LogP contribution in [-0.2, 0) is 14.4 Å². The highest BCUT2D eigenvalue weighted by Crippen LogP contribution is 2.30. The molecule has 32 heavy (non-hydrogen) atoms. The van der Waals surface area contributed by atoms with E-state index in [1.807, 2.05) is 0 Å². The fraction of sp³-hybridized carbons (Fsp3) is 0.833. The van der Waals surface area contributed by atoms with Crippen molar-refractivity contribution < 1.29 is 50.9 Å². The molecule has 1 heterocycles. The zero-order chi connectivity index (χ0) is 25.6. The largest absolute Gasteiger partial charge is 0.490 e. The summed E-state index contributed by atoms with van der Waals surface area (Å²) in [6.07, 6.45) is -11.8. The van der Waals surface area contributed by atoms with Crippen molar-refractivity contribution in [1.29, 1.82) is 0 Å². The summed E-state index contributed by atoms with van der Waals surface area (Å²) < 4.78 is 71.1. The second-order valence-electron chi connectivity index (χ2n) is 7.99. The molecule has 0 aliphatic carbocycles. The third-order valence-electron chi connectivity index (χ3n) is 4.72. The van der Waals surface area contributed by atoms with Crippen molar-refractivity contribution in [3.8, 4) is 0 Å². The number of carboxylic acid groups (broad SMARTS) is 1. The summed E-state index contributed by atoms with van der Waals surface area (Å²) in [6.45, 7) is 6.68. The number of alkyl halides is 6. The van der Waals surface area contributed by atoms with Gasteiger partial charge in [-0.1, -0.05) is 27.7 Å². The smallest absolute Gasteiger partial charge is 0.475 e. The van der Waals surface area contributed by atoms with Gasteiger partial charge in [-0.3, -0.25) is 14.5 Å². The molecule has 0 spiro atoms. The summed E-state index contributed by atoms with van der Waals surface area (Å²) in [6, 6.07) is -3.61. The van der Waals surface area contributed by atoms with Gasteiger partial charge >= 0.3 is 18.3 Å². The van der Waals surface area contributed by atoms with Crippen LogP contribution in [0.25, 0.3) is 0 Å². The maximum Gasteiger partial charge on any atom is 0.490 e. The van der Waals surface area contributed by atoms with Gasteiger partial charge in [-0.15, -0.1) is 0 Å². The number of aliphatic hydroxyl groups is 1. The van der Waals surface area contributed by atoms with Crippen LogP contribution in [0.4, 0.5) is 26.3 Å². The molecule has 0 radical (unpaired) electrons. The maximum atomic E-state index is 13.1. The predicted molar refractivity (Wildman–Crippen MR) is 100 cm³/mol. The molecule has 1 unspecified atom stereocenters. The van der Waals surface area contributed by atoms with Crippen LogP contribution in [0, 0.1) is 11.8 Å². The van der Waals surface area contributed by atoms with Crippen LogP contribution >= 0.6 is 0 Å². The Morgan fingerprint density at radius 3 is 1.78 bits per heavy atom. The summed E-state index contributed by atoms with van der Waals surface area (Å²) >= 11 is 0. The van der Waals surface area contributed by atoms with Crippen molar-refractivity contribution in [2.24, 2.45) is 17.6 Å². The van der Waals surface area contributed by atoms with E-state index < -0.39 is 60.3 Å². The van der Waals surface area contributed by atoms with E-state index in [-0.39, 0.29) is 5.92 Å². The Kier molecular flexibility index (Phi) is 11.1. The van der Waals surface area contributed by atoms with E-state index in [1.54, 1.807) is 13.8 Å². The lowest BCUT2D eigenvalue weighted by Gasteiger charge is -2.39. The van der Waals surface area contributed by atoms with Gasteiger partial charge in [-0.2, -0.15) is 26.3 Å². The van der Waals surface area contributed by atoms with E-state index in [1.165, 1.54) is 13.8 Å². The molecule has 4 atom stereocenters. The van der Waals surface area contributed by atoms with E-state index in [0.717, 1.165) is 0 Å². The average Bonchev–Trinajstić information content (AvgIpc) is 3.17. The van der Waals surface area contributed by atoms with Crippen LogP contribution < -0.4 is 11.1 Å². The molecule has 0 saturated carbocycles. The Morgan fingerprint density at radius 2 is 1.50 bits per heavy atom. The number of nitrogens with one attached hydrogen (secondary N) is 1. The van der Waals surface area contributed by atoms with Crippen LogP contribution in [0.5, 0.6) is 0 Å². The normalized spacial score (nSPS) is 19.8. The van der Waals surface area contributed by atoms with Crippen LogP contribution in [0.3, 0.4) is 0 Å². The van der Waals surface area contributed by atoms with Gasteiger partial charge in [0.1, 0.15) is 0 Å². The second-order valence-corrected chi connectivity index (χ2v) is 7.99. The molecule has 0 aromatic heterocycles. The first-order valence-electron chi connectivity index (χ1n) is 9.74. The van der Waals surface area contributed by atoms with E-state index in [2.05, 4.69) is 5.32 Å². The first-order chi connectivity index (χ1) is 14.3. The fourth-order valence-corrected chi connectivity index (χ4v) is 2.91. The number of amides is 2. The highest BCUT2D eigenvalue weighted by Gasteiger charge is 2.51. The monoisotopic (exact) mass is 481 g/mol. The Hall–Kier alpha value is -1.93. The highest BCUT2D eigenvalue weighted by molar-refractivity contribution is 6.00. The molecule has 5 N–H and O–H groups in total. The van der Waals surface area contributed by atoms with Crippen LogP contribution in [0.1, 0.15) is 40.5 Å². The minimum Gasteiger partial charge on any atom is -0.475 e. The SMILES string of the molecule is CC(C)C([C@H](O)C(F)(F)F)N(C(=O)[C@@H](N)C(C)C)C(=O)[C@H]1CCCN1.O=C(O)C(F)(F)F. The summed E-state index contributed by atoms with van der Waals surface area (Å²) in [7, 11) is 0. The maximum absolute atomic E-state index is 13.1. The first kappa shape index (κ1) is 30.1. The summed E-state index contributed by atoms with van der Waals surface area (Å²) in [5, 5.41) is 19.8. The van der Waals surface area contributed by atoms with E-state index in [4.69, 9.17) is 15.6 Å². The lowest BCUT2D eigenvalue weighted by atomic mass is 9.93. The van der Waals surface area contributed by atoms with Crippen molar-refractivity contribution in [3.63, 3.8) is 0 Å². The average molecular weight is 481 g/mol. The predicted octanol–water partition coefficient (Wildman–Crippen LogP) is 1.66. The van der Waals surface area contributed by atoms with Gasteiger partial charge < -0.3 is 21.3 Å². The Labute approximate surface area is 181 Å². The van der Waals surface area contributed by atoms with Gasteiger partial charge in [0.15, 0.2) is 6.10 Å². The number of hydrogen-bond acceptors (Lipinski definition) is 6. The second kappa shape index (κ2) is 11.8. The number of aliphatic carboxylic acids is 1. The minimum absolute atomic E-state index is 0.366. The Balaban J connectivity index is 0.00000118. The third-order valence-corrected chi connectivity index (χ3v) is 4.72. The van der Waals surface area contributed by atoms with Gasteiger partial charge in [-0.05, 0) is 31.2 Å².